The van der Waals surface area contributed by atoms with Crippen molar-refractivity contribution in [3.05, 3.63) is 12.7 Å². The molecule has 2 aliphatic rings. The van der Waals surface area contributed by atoms with Gasteiger partial charge in [-0.1, -0.05) is 269 Å². The highest BCUT2D eigenvalue weighted by atomic mass is 28.4. The number of nitrogens with two attached hydrogens (primary N) is 1. The zero-order valence-electron chi connectivity index (χ0n) is 97.5. The van der Waals surface area contributed by atoms with Crippen molar-refractivity contribution < 1.29 is 117 Å². The lowest BCUT2D eigenvalue weighted by molar-refractivity contribution is -0.159. The SMILES string of the molecule is C=CC(=O)OC1CC(C)(C)N(C)C(C)(C)C1.CC.CC.CC.CC.CC.CC.CC.CC.CC.CC.CC.CC.CC.CC.CC.CC.CC[Si](OC)(OC)OC.CC[Si](OC)(OC)OC.CC[Si](OC)(OC)OC.CC[Si](OC)(OC)OC.CO[Si](CCCCCCC(=O)OC1CC(C)(C)N(C)C(C)(C)C1)(OC)OC.CO[Si](CCCN)(OC)OC.O=[Si]=O.O=[Si]=O. The van der Waals surface area contributed by atoms with Gasteiger partial charge >= 0.3 is 83.4 Å². The lowest BCUT2D eigenvalue weighted by Gasteiger charge is -2.53. The lowest BCUT2D eigenvalue weighted by Crippen LogP contribution is -2.60. The predicted molar refractivity (Wildman–Crippen MR) is 565 cm³/mol. The van der Waals surface area contributed by atoms with Crippen molar-refractivity contribution in [2.24, 2.45) is 5.73 Å². The summed E-state index contributed by atoms with van der Waals surface area (Å²) in [6.45, 7) is 93.6. The first kappa shape index (κ1) is 186. The highest BCUT2D eigenvalue weighted by molar-refractivity contribution is 6.62. The Bertz CT molecular complexity index is 1780. The molecule has 2 fully saturated rings. The van der Waals surface area contributed by atoms with E-state index < -0.39 is 71.4 Å². The smallest absolute Gasteiger partial charge is 0.462 e. The average Bonchev–Trinajstić information content (AvgIpc) is 0.785. The highest BCUT2D eigenvalue weighted by Crippen LogP contribution is 2.39. The zero-order valence-corrected chi connectivity index (χ0v) is 106. The van der Waals surface area contributed by atoms with Crippen LogP contribution in [0.3, 0.4) is 0 Å². The molecule has 0 saturated carbocycles. The quantitative estimate of drug-likeness (QED) is 0.0267. The van der Waals surface area contributed by atoms with Gasteiger partial charge in [0.25, 0.3) is 0 Å². The van der Waals surface area contributed by atoms with Crippen LogP contribution in [0.5, 0.6) is 0 Å². The maximum absolute atomic E-state index is 12.3. The molecule has 2 rings (SSSR count). The van der Waals surface area contributed by atoms with Crippen molar-refractivity contribution in [2.75, 3.05) is 149 Å². The first-order valence-corrected chi connectivity index (χ1v) is 61.1. The Labute approximate surface area is 811 Å². The minimum absolute atomic E-state index is 0.00769. The predicted octanol–water partition coefficient (Wildman–Crippen LogP) is 25.3. The number of piperidine rings is 2. The molecule has 37 heteroatoms. The van der Waals surface area contributed by atoms with Gasteiger partial charge in [0, 0.05) is 225 Å². The Hall–Kier alpha value is -1.22. The van der Waals surface area contributed by atoms with E-state index in [2.05, 4.69) is 85.9 Å². The Morgan fingerprint density at radius 3 is 0.602 bits per heavy atom. The summed E-state index contributed by atoms with van der Waals surface area (Å²) in [4.78, 5) is 28.2. The van der Waals surface area contributed by atoms with Gasteiger partial charge in [0.15, 0.2) is 0 Å². The summed E-state index contributed by atoms with van der Waals surface area (Å²) in [7, 11) is 17.0. The number of hydrogen-bond donors (Lipinski definition) is 1. The van der Waals surface area contributed by atoms with Gasteiger partial charge in [-0.2, -0.15) is 0 Å². The van der Waals surface area contributed by atoms with Crippen LogP contribution < -0.4 is 5.73 Å². The van der Waals surface area contributed by atoms with E-state index in [1.165, 1.54) is 6.08 Å². The summed E-state index contributed by atoms with van der Waals surface area (Å²) < 4.78 is 138. The molecule has 0 bridgehead atoms. The summed E-state index contributed by atoms with van der Waals surface area (Å²) >= 11 is 0. The molecule has 2 heterocycles. The topological polar surface area (TPSA) is 320 Å². The van der Waals surface area contributed by atoms with E-state index in [-0.39, 0.29) is 46.3 Å². The third-order valence-electron chi connectivity index (χ3n) is 16.9. The largest absolute Gasteiger partial charge is 0.549 e. The number of likely N-dealkylation sites (tertiary alicyclic amines) is 2. The van der Waals surface area contributed by atoms with Crippen LogP contribution in [0.15, 0.2) is 12.7 Å². The van der Waals surface area contributed by atoms with Gasteiger partial charge in [-0.05, 0) is 95.3 Å². The third kappa shape index (κ3) is 107. The number of ether oxygens (including phenoxy) is 2. The summed E-state index contributed by atoms with van der Waals surface area (Å²) in [6.07, 6.45) is 9.99. The summed E-state index contributed by atoms with van der Waals surface area (Å²) in [6, 6.07) is 4.85. The minimum atomic E-state index is -2.46. The monoisotopic (exact) mass is 2010 g/mol. The molecular formula is C91H233N3O26Si8. The molecule has 2 N–H and O–H groups in total. The first-order chi connectivity index (χ1) is 60.7. The second-order valence-corrected chi connectivity index (χ2v) is 43.4. The van der Waals surface area contributed by atoms with Gasteiger partial charge in [-0.15, -0.1) is 0 Å². The van der Waals surface area contributed by atoms with Crippen LogP contribution >= 0.6 is 0 Å². The van der Waals surface area contributed by atoms with Crippen LogP contribution in [0.25, 0.3) is 0 Å². The molecule has 0 amide bonds. The van der Waals surface area contributed by atoms with E-state index in [9.17, 15) is 9.59 Å². The van der Waals surface area contributed by atoms with Crippen LogP contribution in [-0.2, 0) is 117 Å². The fraction of sp³-hybridized carbons (Fsp3) is 0.956. The molecule has 128 heavy (non-hydrogen) atoms. The van der Waals surface area contributed by atoms with E-state index in [1.54, 1.807) is 128 Å². The lowest BCUT2D eigenvalue weighted by atomic mass is 9.79. The number of unbranched alkanes of at least 4 members (excludes halogenated alkanes) is 3. The normalized spacial score (nSPS) is 12.8. The zero-order chi connectivity index (χ0) is 109. The maximum atomic E-state index is 12.3. The van der Waals surface area contributed by atoms with Gasteiger partial charge in [-0.3, -0.25) is 32.4 Å². The van der Waals surface area contributed by atoms with Crippen LogP contribution in [-0.4, -0.2) is 276 Å². The van der Waals surface area contributed by atoms with Crippen LogP contribution in [0, 0.1) is 0 Å². The fourth-order valence-corrected chi connectivity index (χ4v) is 19.3. The van der Waals surface area contributed by atoms with Crippen LogP contribution in [0.1, 0.15) is 369 Å². The van der Waals surface area contributed by atoms with Crippen molar-refractivity contribution in [1.29, 1.82) is 0 Å². The van der Waals surface area contributed by atoms with Crippen molar-refractivity contribution in [3.8, 4) is 0 Å². The Balaban J connectivity index is -0.0000000462. The maximum Gasteiger partial charge on any atom is 0.549 e. The van der Waals surface area contributed by atoms with Gasteiger partial charge in [0.2, 0.25) is 0 Å². The van der Waals surface area contributed by atoms with Crippen molar-refractivity contribution >= 4 is 83.4 Å². The molecule has 0 aromatic carbocycles. The van der Waals surface area contributed by atoms with Gasteiger partial charge in [0.1, 0.15) is 12.2 Å². The fourth-order valence-electron chi connectivity index (χ4n) is 10.3. The van der Waals surface area contributed by atoms with E-state index in [1.807, 2.05) is 249 Å². The number of nitrogens with zero attached hydrogens (tertiary/aromatic N) is 2. The van der Waals surface area contributed by atoms with Crippen molar-refractivity contribution in [2.45, 2.75) is 439 Å². The van der Waals surface area contributed by atoms with Crippen LogP contribution in [0.2, 0.25) is 36.3 Å². The van der Waals surface area contributed by atoms with Crippen LogP contribution in [0.4, 0.5) is 0 Å². The number of esters is 2. The minimum Gasteiger partial charge on any atom is -0.462 e. The first-order valence-electron chi connectivity index (χ1n) is 47.9. The summed E-state index contributed by atoms with van der Waals surface area (Å²) in [5.74, 6) is -0.383. The van der Waals surface area contributed by atoms with Crippen molar-refractivity contribution in [3.63, 3.8) is 0 Å². The van der Waals surface area contributed by atoms with Crippen molar-refractivity contribution in [1.82, 2.24) is 9.80 Å². The molecule has 2 saturated heterocycles. The number of carbonyl (C=O) groups is 2. The van der Waals surface area contributed by atoms with E-state index in [4.69, 9.17) is 113 Å². The summed E-state index contributed by atoms with van der Waals surface area (Å²) in [5, 5.41) is 0. The third-order valence-corrected chi connectivity index (χ3v) is 33.5. The van der Waals surface area contributed by atoms with Gasteiger partial charge in [-0.25, -0.2) is 4.79 Å². The molecule has 0 atom stereocenters. The molecule has 0 radical (unpaired) electrons. The summed E-state index contributed by atoms with van der Waals surface area (Å²) in [5.41, 5.74) is 5.52. The van der Waals surface area contributed by atoms with E-state index in [0.717, 1.165) is 94.1 Å². The number of carbonyl (C=O) groups excluding carboxylic acids is 2. The molecule has 0 aromatic rings. The standard InChI is InChI=1S/C20H41NO5Si.C13H23NO2.C6H17NO3Si.4C5H14O3Si.16C2H6.2O2Si/c1-19(2)15-17(16-20(3,4)21(19)5)26-18(22)13-11-9-10-12-14-27(23-6,24-7)25-8;1-7-11(15)16-10-8-12(2,3)14(6)13(4,5)9-10;1-8-11(9-2,10-3)6-4-5-7;4*1-5-9(6-2,7-3)8-4;16*1-2;2*1-3-2/h17H,9-16H2,1-8H3;7,10H,1,8-9H2,2-6H3;4-7H2,1-3H3;4*5H2,1-4H3;16*1-2H3;;. The highest BCUT2D eigenvalue weighted by Gasteiger charge is 2.46. The average molecular weight is 2010 g/mol. The number of hydrogen-bond acceptors (Lipinski definition) is 29. The van der Waals surface area contributed by atoms with E-state index >= 15 is 0 Å². The molecule has 800 valence electrons. The molecule has 2 aliphatic heterocycles. The van der Waals surface area contributed by atoms with E-state index in [0.29, 0.717) is 13.0 Å². The Kier molecular flexibility index (Phi) is 209. The number of rotatable bonds is 35. The molecule has 0 aliphatic carbocycles. The Morgan fingerprint density at radius 2 is 0.461 bits per heavy atom. The second kappa shape index (κ2) is 144. The molecular weight excluding hydrogens is 1780 g/mol. The molecule has 0 spiro atoms. The molecule has 29 nitrogen and oxygen atoms in total. The second-order valence-electron chi connectivity index (χ2n) is 23.7. The van der Waals surface area contributed by atoms with Gasteiger partial charge in [0.05, 0.1) is 0 Å². The van der Waals surface area contributed by atoms with Gasteiger partial charge < -0.3 is 94.9 Å². The Morgan fingerprint density at radius 1 is 0.305 bits per heavy atom. The molecule has 0 unspecified atom stereocenters. The molecule has 0 aromatic heterocycles.